The number of aromatic hydroxyl groups is 1. The Labute approximate surface area is 254 Å². The molecule has 4 atom stereocenters. The number of aliphatic hydroxyl groups is 1. The first-order valence-corrected chi connectivity index (χ1v) is 15.0. The quantitative estimate of drug-likeness (QED) is 0.0799. The van der Waals surface area contributed by atoms with Gasteiger partial charge < -0.3 is 47.6 Å². The van der Waals surface area contributed by atoms with Gasteiger partial charge >= 0.3 is 5.97 Å². The molecule has 0 fully saturated rings. The third-order valence-corrected chi connectivity index (χ3v) is 6.68. The van der Waals surface area contributed by atoms with Gasteiger partial charge in [0.25, 0.3) is 0 Å². The zero-order valence-corrected chi connectivity index (χ0v) is 25.2. The van der Waals surface area contributed by atoms with Crippen LogP contribution in [-0.4, -0.2) is 107 Å². The van der Waals surface area contributed by atoms with Gasteiger partial charge in [-0.3, -0.25) is 24.0 Å². The molecule has 43 heavy (non-hydrogen) atoms. The maximum absolute atomic E-state index is 13.4. The van der Waals surface area contributed by atoms with Crippen LogP contribution < -0.4 is 32.3 Å². The Morgan fingerprint density at radius 3 is 1.95 bits per heavy atom. The van der Waals surface area contributed by atoms with Gasteiger partial charge in [0.1, 0.15) is 29.9 Å². The third-order valence-electron chi connectivity index (χ3n) is 6.04. The molecule has 0 aliphatic heterocycles. The van der Waals surface area contributed by atoms with Crippen LogP contribution in [0.1, 0.15) is 32.3 Å². The summed E-state index contributed by atoms with van der Waals surface area (Å²) in [5.74, 6) is -4.46. The first kappa shape index (κ1) is 37.1. The van der Waals surface area contributed by atoms with Crippen LogP contribution in [-0.2, 0) is 35.2 Å². The number of hydrogen-bond acceptors (Lipinski definition) is 10. The Hall–Kier alpha value is -3.89. The van der Waals surface area contributed by atoms with E-state index in [0.717, 1.165) is 0 Å². The molecule has 0 spiro atoms. The summed E-state index contributed by atoms with van der Waals surface area (Å²) in [5.41, 5.74) is 6.05. The molecular formula is C27H42N6O9S. The molecule has 0 bridgehead atoms. The van der Waals surface area contributed by atoms with E-state index in [-0.39, 0.29) is 37.5 Å². The smallest absolute Gasteiger partial charge is 0.328 e. The Bertz CT molecular complexity index is 1100. The Balaban J connectivity index is 3.03. The number of benzene rings is 1. The topological polar surface area (TPSA) is 249 Å². The molecule has 0 saturated heterocycles. The molecular weight excluding hydrogens is 584 g/mol. The molecule has 1 aromatic rings. The Morgan fingerprint density at radius 1 is 0.837 bits per heavy atom. The fraction of sp³-hybridized carbons (Fsp3) is 0.556. The normalized spacial score (nSPS) is 13.6. The fourth-order valence-corrected chi connectivity index (χ4v) is 4.28. The molecule has 0 radical (unpaired) electrons. The SMILES string of the molecule is CSCC[C@H](NC(=O)[C@H](Cc1ccc(O)cc1)NC(=O)CN)C(=O)N[C@@H](CC(C)C)C(=O)NCC(=O)N[C@@H](CO)C(=O)O. The number of nitrogens with one attached hydrogen (secondary N) is 5. The van der Waals surface area contributed by atoms with E-state index in [4.69, 9.17) is 15.9 Å². The number of carbonyl (C=O) groups excluding carboxylic acids is 5. The maximum Gasteiger partial charge on any atom is 0.328 e. The number of rotatable bonds is 19. The van der Waals surface area contributed by atoms with E-state index >= 15 is 0 Å². The highest BCUT2D eigenvalue weighted by Crippen LogP contribution is 2.12. The Morgan fingerprint density at radius 2 is 1.42 bits per heavy atom. The van der Waals surface area contributed by atoms with Crippen molar-refractivity contribution in [2.45, 2.75) is 57.3 Å². The van der Waals surface area contributed by atoms with Crippen molar-refractivity contribution in [2.75, 3.05) is 31.7 Å². The molecule has 240 valence electrons. The molecule has 0 aromatic heterocycles. The summed E-state index contributed by atoms with van der Waals surface area (Å²) in [6.07, 6.45) is 2.25. The van der Waals surface area contributed by atoms with Crippen molar-refractivity contribution in [1.82, 2.24) is 26.6 Å². The number of carboxylic acids is 1. The number of aliphatic hydroxyl groups excluding tert-OH is 1. The van der Waals surface area contributed by atoms with Crippen LogP contribution in [0.15, 0.2) is 24.3 Å². The maximum atomic E-state index is 13.4. The van der Waals surface area contributed by atoms with E-state index < -0.39 is 72.8 Å². The number of amides is 5. The highest BCUT2D eigenvalue weighted by Gasteiger charge is 2.30. The number of nitrogens with two attached hydrogens (primary N) is 1. The first-order valence-electron chi connectivity index (χ1n) is 13.6. The second-order valence-electron chi connectivity index (χ2n) is 10.1. The van der Waals surface area contributed by atoms with Crippen molar-refractivity contribution in [3.05, 3.63) is 29.8 Å². The third kappa shape index (κ3) is 14.2. The summed E-state index contributed by atoms with van der Waals surface area (Å²) in [7, 11) is 0. The fourth-order valence-electron chi connectivity index (χ4n) is 3.80. The van der Waals surface area contributed by atoms with E-state index in [1.807, 2.05) is 20.1 Å². The van der Waals surface area contributed by atoms with Crippen LogP contribution in [0.25, 0.3) is 0 Å². The summed E-state index contributed by atoms with van der Waals surface area (Å²) in [5, 5.41) is 39.8. The predicted octanol–water partition coefficient (Wildman–Crippen LogP) is -2.18. The Kier molecular flexibility index (Phi) is 16.7. The van der Waals surface area contributed by atoms with E-state index in [1.165, 1.54) is 23.9 Å². The van der Waals surface area contributed by atoms with Gasteiger partial charge in [-0.05, 0) is 48.5 Å². The van der Waals surface area contributed by atoms with Gasteiger partial charge in [0.05, 0.1) is 19.7 Å². The second kappa shape index (κ2) is 19.3. The highest BCUT2D eigenvalue weighted by molar-refractivity contribution is 7.98. The van der Waals surface area contributed by atoms with Crippen molar-refractivity contribution >= 4 is 47.3 Å². The lowest BCUT2D eigenvalue weighted by molar-refractivity contribution is -0.142. The molecule has 0 aliphatic carbocycles. The lowest BCUT2D eigenvalue weighted by atomic mass is 10.0. The summed E-state index contributed by atoms with van der Waals surface area (Å²) in [4.78, 5) is 74.7. The molecule has 10 N–H and O–H groups in total. The van der Waals surface area contributed by atoms with Gasteiger partial charge in [-0.25, -0.2) is 4.79 Å². The number of carbonyl (C=O) groups is 6. The number of carboxylic acid groups (broad SMARTS) is 1. The average Bonchev–Trinajstić information content (AvgIpc) is 2.96. The molecule has 5 amide bonds. The van der Waals surface area contributed by atoms with Crippen LogP contribution in [0, 0.1) is 5.92 Å². The average molecular weight is 627 g/mol. The zero-order valence-electron chi connectivity index (χ0n) is 24.4. The lowest BCUT2D eigenvalue weighted by Gasteiger charge is -2.26. The van der Waals surface area contributed by atoms with Gasteiger partial charge in [0.2, 0.25) is 29.5 Å². The number of hydrogen-bond donors (Lipinski definition) is 9. The zero-order chi connectivity index (χ0) is 32.5. The molecule has 15 nitrogen and oxygen atoms in total. The first-order chi connectivity index (χ1) is 20.3. The molecule has 16 heteroatoms. The van der Waals surface area contributed by atoms with Gasteiger partial charge in [-0.2, -0.15) is 11.8 Å². The van der Waals surface area contributed by atoms with Gasteiger partial charge in [0, 0.05) is 6.42 Å². The molecule has 0 unspecified atom stereocenters. The highest BCUT2D eigenvalue weighted by atomic mass is 32.2. The van der Waals surface area contributed by atoms with Gasteiger partial charge in [-0.15, -0.1) is 0 Å². The number of phenolic OH excluding ortho intramolecular Hbond substituents is 1. The summed E-state index contributed by atoms with van der Waals surface area (Å²) in [6.45, 7) is 1.84. The van der Waals surface area contributed by atoms with Gasteiger partial charge in [0.15, 0.2) is 0 Å². The monoisotopic (exact) mass is 626 g/mol. The predicted molar refractivity (Wildman–Crippen MR) is 159 cm³/mol. The minimum atomic E-state index is -1.54. The van der Waals surface area contributed by atoms with E-state index in [9.17, 15) is 33.9 Å². The molecule has 0 heterocycles. The van der Waals surface area contributed by atoms with Crippen molar-refractivity contribution in [2.24, 2.45) is 11.7 Å². The molecule has 0 aliphatic rings. The summed E-state index contributed by atoms with van der Waals surface area (Å²) in [6, 6.07) is 1.24. The van der Waals surface area contributed by atoms with Crippen LogP contribution in [0.3, 0.4) is 0 Å². The molecule has 0 saturated carbocycles. The number of aliphatic carboxylic acids is 1. The van der Waals surface area contributed by atoms with Gasteiger partial charge in [-0.1, -0.05) is 26.0 Å². The van der Waals surface area contributed by atoms with Crippen LogP contribution >= 0.6 is 11.8 Å². The van der Waals surface area contributed by atoms with Crippen LogP contribution in [0.2, 0.25) is 0 Å². The van der Waals surface area contributed by atoms with Crippen molar-refractivity contribution in [3.63, 3.8) is 0 Å². The van der Waals surface area contributed by atoms with E-state index in [0.29, 0.717) is 11.3 Å². The number of phenols is 1. The van der Waals surface area contributed by atoms with Crippen LogP contribution in [0.4, 0.5) is 0 Å². The molecule has 1 aromatic carbocycles. The molecule has 1 rings (SSSR count). The van der Waals surface area contributed by atoms with Crippen molar-refractivity contribution in [3.8, 4) is 5.75 Å². The minimum absolute atomic E-state index is 0.0276. The second-order valence-corrected chi connectivity index (χ2v) is 11.1. The van der Waals surface area contributed by atoms with Crippen LogP contribution in [0.5, 0.6) is 5.75 Å². The summed E-state index contributed by atoms with van der Waals surface area (Å²) >= 11 is 1.43. The van der Waals surface area contributed by atoms with E-state index in [1.54, 1.807) is 12.1 Å². The summed E-state index contributed by atoms with van der Waals surface area (Å²) < 4.78 is 0. The van der Waals surface area contributed by atoms with Crippen molar-refractivity contribution in [1.29, 1.82) is 0 Å². The minimum Gasteiger partial charge on any atom is -0.508 e. The van der Waals surface area contributed by atoms with Crippen molar-refractivity contribution < 1.29 is 44.1 Å². The number of thioether (sulfide) groups is 1. The largest absolute Gasteiger partial charge is 0.508 e. The van der Waals surface area contributed by atoms with E-state index in [2.05, 4.69) is 26.6 Å². The standard InChI is InChI=1S/C27H42N6O9S/c1-15(2)10-19(24(38)29-13-23(37)31-21(14-34)27(41)42)33-25(39)18(8-9-43-3)32-26(40)20(30-22(36)12-28)11-16-4-6-17(35)7-5-16/h4-7,15,18-21,34-35H,8-14,28H2,1-3H3,(H,29,38)(H,30,36)(H,31,37)(H,32,40)(H,33,39)(H,41,42)/t18-,19-,20-,21-/m0/s1. The lowest BCUT2D eigenvalue weighted by Crippen LogP contribution is -2.58.